The van der Waals surface area contributed by atoms with Crippen LogP contribution >= 0.6 is 11.6 Å². The van der Waals surface area contributed by atoms with E-state index in [1.165, 1.54) is 12.4 Å². The number of nitrogens with zero attached hydrogens (tertiary/aromatic N) is 5. The van der Waals surface area contributed by atoms with Crippen LogP contribution in [-0.4, -0.2) is 50.0 Å². The average molecular weight is 547 g/mol. The average Bonchev–Trinajstić information content (AvgIpc) is 3.43. The first-order valence-electron chi connectivity index (χ1n) is 12.8. The van der Waals surface area contributed by atoms with E-state index in [1.54, 1.807) is 30.5 Å². The first-order valence-corrected chi connectivity index (χ1v) is 13.2. The molecule has 0 spiro atoms. The molecule has 0 aliphatic carbocycles. The summed E-state index contributed by atoms with van der Waals surface area (Å²) in [6, 6.07) is 14.5. The molecular formula is C28H27ClN6O4. The van der Waals surface area contributed by atoms with E-state index in [4.69, 9.17) is 21.1 Å². The fourth-order valence-electron chi connectivity index (χ4n) is 5.62. The number of halogens is 1. The van der Waals surface area contributed by atoms with Crippen molar-refractivity contribution in [2.24, 2.45) is 0 Å². The van der Waals surface area contributed by atoms with Crippen molar-refractivity contribution < 1.29 is 14.4 Å². The summed E-state index contributed by atoms with van der Waals surface area (Å²) in [4.78, 5) is 26.9. The van der Waals surface area contributed by atoms with E-state index in [0.29, 0.717) is 45.8 Å². The highest BCUT2D eigenvalue weighted by Gasteiger charge is 2.50. The monoisotopic (exact) mass is 546 g/mol. The Morgan fingerprint density at radius 1 is 1.10 bits per heavy atom. The lowest BCUT2D eigenvalue weighted by molar-refractivity contribution is -0.385. The van der Waals surface area contributed by atoms with E-state index < -0.39 is 4.92 Å². The molecule has 0 atom stereocenters. The molecule has 2 saturated heterocycles. The van der Waals surface area contributed by atoms with Gasteiger partial charge in [0.05, 0.1) is 32.1 Å². The van der Waals surface area contributed by atoms with Crippen LogP contribution < -0.4 is 14.8 Å². The number of hydrogen-bond acceptors (Lipinski definition) is 9. The number of pyridine rings is 1. The van der Waals surface area contributed by atoms with Crippen molar-refractivity contribution >= 4 is 39.7 Å². The molecule has 0 radical (unpaired) electrons. The number of aromatic nitrogens is 3. The van der Waals surface area contributed by atoms with Crippen molar-refractivity contribution in [2.75, 3.05) is 19.0 Å². The SMILES string of the molecule is CN1C2CCC1(COc1cc3ncnc(Nc4ccc(OCc5ccccn5)c(Cl)c4)c3cc1[N+](=O)[O-])CC2. The number of likely N-dealkylation sites (N-methyl/N-ethyl adjacent to an activating group) is 1. The summed E-state index contributed by atoms with van der Waals surface area (Å²) in [5.41, 5.74) is 1.79. The predicted octanol–water partition coefficient (Wildman–Crippen LogP) is 5.91. The Morgan fingerprint density at radius 3 is 2.64 bits per heavy atom. The summed E-state index contributed by atoms with van der Waals surface area (Å²) in [5, 5.41) is 16.1. The van der Waals surface area contributed by atoms with Crippen LogP contribution in [0, 0.1) is 10.1 Å². The number of nitrogens with one attached hydrogen (secondary N) is 1. The molecule has 4 aromatic rings. The molecule has 200 valence electrons. The van der Waals surface area contributed by atoms with E-state index >= 15 is 0 Å². The first kappa shape index (κ1) is 25.3. The van der Waals surface area contributed by atoms with Crippen LogP contribution in [0.1, 0.15) is 31.4 Å². The maximum absolute atomic E-state index is 12.0. The quantitative estimate of drug-likeness (QED) is 0.202. The van der Waals surface area contributed by atoms with Crippen molar-refractivity contribution in [1.29, 1.82) is 0 Å². The first-order chi connectivity index (χ1) is 18.9. The summed E-state index contributed by atoms with van der Waals surface area (Å²) < 4.78 is 11.9. The molecule has 2 aliphatic rings. The molecule has 2 aromatic carbocycles. The van der Waals surface area contributed by atoms with Crippen molar-refractivity contribution in [3.8, 4) is 11.5 Å². The number of nitro benzene ring substituents is 1. The zero-order valence-electron chi connectivity index (χ0n) is 21.3. The lowest BCUT2D eigenvalue weighted by Crippen LogP contribution is -2.43. The van der Waals surface area contributed by atoms with E-state index in [2.05, 4.69) is 32.2 Å². The van der Waals surface area contributed by atoms with Gasteiger partial charge in [-0.15, -0.1) is 0 Å². The Bertz CT molecular complexity index is 1530. The standard InChI is InChI=1S/C28H27ClN6O4/c1-34-20-7-9-28(34,10-8-20)16-39-26-14-23-21(13-24(26)35(36)37)27(32-17-31-23)33-18-5-6-25(22(29)12-18)38-15-19-4-2-3-11-30-19/h2-6,11-14,17,20H,7-10,15-16H2,1H3,(H,31,32,33). The van der Waals surface area contributed by atoms with Crippen LogP contribution in [0.2, 0.25) is 5.02 Å². The van der Waals surface area contributed by atoms with Gasteiger partial charge in [0.2, 0.25) is 0 Å². The fraction of sp³-hybridized carbons (Fsp3) is 0.321. The van der Waals surface area contributed by atoms with Crippen LogP contribution in [0.25, 0.3) is 10.9 Å². The molecule has 2 bridgehead atoms. The molecule has 39 heavy (non-hydrogen) atoms. The molecule has 0 unspecified atom stereocenters. The minimum absolute atomic E-state index is 0.0569. The van der Waals surface area contributed by atoms with Crippen LogP contribution in [0.3, 0.4) is 0 Å². The third-order valence-corrected chi connectivity index (χ3v) is 8.18. The third-order valence-electron chi connectivity index (χ3n) is 7.89. The topological polar surface area (TPSA) is 116 Å². The Balaban J connectivity index is 1.23. The molecule has 11 heteroatoms. The molecule has 2 aromatic heterocycles. The number of nitro groups is 1. The normalized spacial score (nSPS) is 20.3. The zero-order valence-corrected chi connectivity index (χ0v) is 22.1. The molecule has 10 nitrogen and oxygen atoms in total. The largest absolute Gasteiger partial charge is 0.486 e. The second-order valence-corrected chi connectivity index (χ2v) is 10.5. The molecule has 0 saturated carbocycles. The lowest BCUT2D eigenvalue weighted by Gasteiger charge is -2.31. The van der Waals surface area contributed by atoms with Crippen LogP contribution in [0.4, 0.5) is 17.2 Å². The van der Waals surface area contributed by atoms with Crippen LogP contribution in [0.5, 0.6) is 11.5 Å². The lowest BCUT2D eigenvalue weighted by atomic mass is 9.88. The van der Waals surface area contributed by atoms with Gasteiger partial charge in [-0.2, -0.15) is 0 Å². The highest BCUT2D eigenvalue weighted by molar-refractivity contribution is 6.32. The van der Waals surface area contributed by atoms with Gasteiger partial charge in [-0.1, -0.05) is 17.7 Å². The van der Waals surface area contributed by atoms with E-state index in [-0.39, 0.29) is 23.6 Å². The van der Waals surface area contributed by atoms with Crippen LogP contribution in [-0.2, 0) is 6.61 Å². The van der Waals surface area contributed by atoms with Gasteiger partial charge in [0.25, 0.3) is 0 Å². The van der Waals surface area contributed by atoms with Crippen molar-refractivity contribution in [3.05, 3.63) is 81.9 Å². The smallest absolute Gasteiger partial charge is 0.311 e. The minimum Gasteiger partial charge on any atom is -0.486 e. The molecular weight excluding hydrogens is 520 g/mol. The fourth-order valence-corrected chi connectivity index (χ4v) is 5.86. The predicted molar refractivity (Wildman–Crippen MR) is 148 cm³/mol. The summed E-state index contributed by atoms with van der Waals surface area (Å²) in [7, 11) is 2.12. The molecule has 2 fully saturated rings. The van der Waals surface area contributed by atoms with E-state index in [9.17, 15) is 10.1 Å². The zero-order chi connectivity index (χ0) is 27.0. The highest BCUT2D eigenvalue weighted by Crippen LogP contribution is 2.46. The Kier molecular flexibility index (Phi) is 6.66. The molecule has 1 N–H and O–H groups in total. The van der Waals surface area contributed by atoms with Gasteiger partial charge >= 0.3 is 5.69 Å². The maximum Gasteiger partial charge on any atom is 0.311 e. The number of anilines is 2. The number of fused-ring (bicyclic) bond motifs is 3. The van der Waals surface area contributed by atoms with Gasteiger partial charge in [-0.05, 0) is 63.1 Å². The number of ether oxygens (including phenoxy) is 2. The van der Waals surface area contributed by atoms with Crippen LogP contribution in [0.15, 0.2) is 61.1 Å². The van der Waals surface area contributed by atoms with Gasteiger partial charge in [0.15, 0.2) is 5.75 Å². The Labute approximate surface area is 230 Å². The van der Waals surface area contributed by atoms with Gasteiger partial charge in [0, 0.05) is 30.1 Å². The summed E-state index contributed by atoms with van der Waals surface area (Å²) in [6.45, 7) is 0.700. The second kappa shape index (κ2) is 10.3. The Morgan fingerprint density at radius 2 is 1.95 bits per heavy atom. The van der Waals surface area contributed by atoms with Crippen molar-refractivity contribution in [2.45, 2.75) is 43.9 Å². The Hall–Kier alpha value is -4.02. The molecule has 4 heterocycles. The highest BCUT2D eigenvalue weighted by atomic mass is 35.5. The second-order valence-electron chi connectivity index (χ2n) is 10.1. The maximum atomic E-state index is 12.0. The summed E-state index contributed by atoms with van der Waals surface area (Å²) in [6.07, 6.45) is 7.49. The van der Waals surface area contributed by atoms with Crippen molar-refractivity contribution in [3.63, 3.8) is 0 Å². The summed E-state index contributed by atoms with van der Waals surface area (Å²) in [5.74, 6) is 1.15. The number of benzene rings is 2. The molecule has 2 aliphatic heterocycles. The van der Waals surface area contributed by atoms with E-state index in [1.807, 2.05) is 18.2 Å². The molecule has 0 amide bonds. The van der Waals surface area contributed by atoms with Gasteiger partial charge in [-0.3, -0.25) is 20.0 Å². The van der Waals surface area contributed by atoms with Gasteiger partial charge in [-0.25, -0.2) is 9.97 Å². The van der Waals surface area contributed by atoms with Gasteiger partial charge < -0.3 is 14.8 Å². The summed E-state index contributed by atoms with van der Waals surface area (Å²) >= 11 is 6.47. The van der Waals surface area contributed by atoms with E-state index in [0.717, 1.165) is 31.4 Å². The third kappa shape index (κ3) is 4.93. The molecule has 6 rings (SSSR count). The van der Waals surface area contributed by atoms with Gasteiger partial charge in [0.1, 0.15) is 31.1 Å². The minimum atomic E-state index is -0.427. The van der Waals surface area contributed by atoms with Crippen molar-refractivity contribution in [1.82, 2.24) is 19.9 Å². The number of rotatable bonds is 9. The number of hydrogen-bond donors (Lipinski definition) is 1.